The molecule has 1 atom stereocenters. The molecule has 5 amide bonds. The summed E-state index contributed by atoms with van der Waals surface area (Å²) in [4.78, 5) is 69.9. The molecule has 2 aromatic carbocycles. The quantitative estimate of drug-likeness (QED) is 0.332. The molecular formula is C31H34FN5O6. The van der Waals surface area contributed by atoms with Crippen LogP contribution >= 0.6 is 0 Å². The number of nitrogens with one attached hydrogen (secondary N) is 1. The Bertz CT molecular complexity index is 1700. The van der Waals surface area contributed by atoms with Gasteiger partial charge < -0.3 is 14.6 Å². The van der Waals surface area contributed by atoms with Gasteiger partial charge in [-0.05, 0) is 49.9 Å². The zero-order chi connectivity index (χ0) is 31.2. The fraction of sp³-hybridized carbons (Fsp3) is 0.387. The van der Waals surface area contributed by atoms with Crippen LogP contribution in [0.25, 0.3) is 11.1 Å². The lowest BCUT2D eigenvalue weighted by Gasteiger charge is -2.43. The molecule has 1 N–H and O–H groups in total. The molecule has 2 fully saturated rings. The number of hydrogen-bond acceptors (Lipinski definition) is 6. The summed E-state index contributed by atoms with van der Waals surface area (Å²) in [5.74, 6) is -2.97. The summed E-state index contributed by atoms with van der Waals surface area (Å²) >= 11 is 0. The number of carbonyl (C=O) groups is 4. The van der Waals surface area contributed by atoms with Crippen LogP contribution in [0.3, 0.4) is 0 Å². The lowest BCUT2D eigenvalue weighted by Crippen LogP contribution is -2.60. The maximum Gasteiger partial charge on any atom is 0.420 e. The number of aryl methyl sites for hydroxylation is 1. The van der Waals surface area contributed by atoms with Gasteiger partial charge in [0.05, 0.1) is 16.8 Å². The summed E-state index contributed by atoms with van der Waals surface area (Å²) in [5.41, 5.74) is 0.506. The Kier molecular flexibility index (Phi) is 7.72. The number of aromatic nitrogens is 1. The number of allylic oxidation sites excluding steroid dienone is 1. The fourth-order valence-electron chi connectivity index (χ4n) is 5.96. The van der Waals surface area contributed by atoms with Gasteiger partial charge in [-0.25, -0.2) is 14.0 Å². The van der Waals surface area contributed by atoms with Crippen LogP contribution in [-0.2, 0) is 16.1 Å². The lowest BCUT2D eigenvalue weighted by molar-refractivity contribution is -0.139. The summed E-state index contributed by atoms with van der Waals surface area (Å²) < 4.78 is 21.2. The zero-order valence-corrected chi connectivity index (χ0v) is 24.6. The van der Waals surface area contributed by atoms with Gasteiger partial charge in [0.15, 0.2) is 5.58 Å². The first-order valence-electron chi connectivity index (χ1n) is 14.1. The van der Waals surface area contributed by atoms with Crippen molar-refractivity contribution < 1.29 is 28.0 Å². The number of imide groups is 1. The van der Waals surface area contributed by atoms with Crippen molar-refractivity contribution in [3.05, 3.63) is 76.5 Å². The third kappa shape index (κ3) is 5.00. The van der Waals surface area contributed by atoms with Gasteiger partial charge in [0, 0.05) is 32.7 Å². The normalized spacial score (nSPS) is 17.3. The number of hydrogen-bond donors (Lipinski definition) is 1. The molecule has 2 aliphatic rings. The van der Waals surface area contributed by atoms with Gasteiger partial charge in [0.2, 0.25) is 5.91 Å². The van der Waals surface area contributed by atoms with Crippen LogP contribution in [0.5, 0.6) is 0 Å². The van der Waals surface area contributed by atoms with E-state index in [9.17, 15) is 28.4 Å². The number of benzene rings is 2. The van der Waals surface area contributed by atoms with Gasteiger partial charge in [-0.1, -0.05) is 31.6 Å². The molecule has 0 unspecified atom stereocenters. The van der Waals surface area contributed by atoms with E-state index in [4.69, 9.17) is 4.42 Å². The smallest absolute Gasteiger partial charge is 0.408 e. The highest BCUT2D eigenvalue weighted by molar-refractivity contribution is 6.17. The Morgan fingerprint density at radius 3 is 2.47 bits per heavy atom. The van der Waals surface area contributed by atoms with E-state index >= 15 is 0 Å². The average Bonchev–Trinajstić information content (AvgIpc) is 3.38. The van der Waals surface area contributed by atoms with E-state index in [0.717, 1.165) is 4.90 Å². The molecule has 0 bridgehead atoms. The maximum absolute atomic E-state index is 14.4. The highest BCUT2D eigenvalue weighted by Crippen LogP contribution is 2.41. The Hall–Kier alpha value is -4.74. The van der Waals surface area contributed by atoms with Crippen LogP contribution in [-0.4, -0.2) is 69.8 Å². The summed E-state index contributed by atoms with van der Waals surface area (Å²) in [6.07, 6.45) is 1.87. The minimum Gasteiger partial charge on any atom is -0.408 e. The predicted molar refractivity (Wildman–Crippen MR) is 157 cm³/mol. The number of carbonyl (C=O) groups excluding carboxylic acids is 4. The van der Waals surface area contributed by atoms with E-state index in [0.29, 0.717) is 16.8 Å². The molecule has 0 radical (unpaired) electrons. The number of amides is 5. The van der Waals surface area contributed by atoms with E-state index < -0.39 is 35.1 Å². The predicted octanol–water partition coefficient (Wildman–Crippen LogP) is 3.44. The van der Waals surface area contributed by atoms with Crippen molar-refractivity contribution in [1.82, 2.24) is 19.7 Å². The number of fused-ring (bicyclic) bond motifs is 1. The number of likely N-dealkylation sites (tertiary alicyclic amines) is 1. The van der Waals surface area contributed by atoms with Gasteiger partial charge in [-0.2, -0.15) is 0 Å². The molecule has 1 spiro atoms. The van der Waals surface area contributed by atoms with E-state index in [1.807, 2.05) is 0 Å². The number of rotatable bonds is 7. The Labute approximate surface area is 247 Å². The molecule has 12 heteroatoms. The number of anilines is 1. The monoisotopic (exact) mass is 591 g/mol. The molecule has 2 saturated heterocycles. The van der Waals surface area contributed by atoms with Crippen LogP contribution in [0.2, 0.25) is 0 Å². The molecule has 1 aromatic heterocycles. The van der Waals surface area contributed by atoms with Crippen molar-refractivity contribution in [3.8, 4) is 0 Å². The van der Waals surface area contributed by atoms with Crippen molar-refractivity contribution in [2.24, 2.45) is 5.92 Å². The largest absolute Gasteiger partial charge is 0.420 e. The number of halogens is 1. The van der Waals surface area contributed by atoms with Gasteiger partial charge in [0.25, 0.3) is 11.8 Å². The van der Waals surface area contributed by atoms with Crippen molar-refractivity contribution in [1.29, 1.82) is 0 Å². The van der Waals surface area contributed by atoms with Crippen LogP contribution in [0, 0.1) is 18.7 Å². The maximum atomic E-state index is 14.4. The molecule has 0 saturated carbocycles. The van der Waals surface area contributed by atoms with Crippen molar-refractivity contribution in [3.63, 3.8) is 0 Å². The minimum absolute atomic E-state index is 0.141. The first-order chi connectivity index (χ1) is 20.4. The topological polar surface area (TPSA) is 125 Å². The second-order valence-corrected chi connectivity index (χ2v) is 11.4. The summed E-state index contributed by atoms with van der Waals surface area (Å²) in [5, 5.41) is 2.70. The van der Waals surface area contributed by atoms with E-state index in [-0.39, 0.29) is 61.4 Å². The molecule has 2 aliphatic heterocycles. The number of nitrogens with zero attached hydrogens (tertiary/aromatic N) is 4. The number of urea groups is 1. The molecule has 3 heterocycles. The van der Waals surface area contributed by atoms with Gasteiger partial charge in [-0.15, -0.1) is 6.58 Å². The molecule has 43 heavy (non-hydrogen) atoms. The lowest BCUT2D eigenvalue weighted by atomic mass is 9.85. The van der Waals surface area contributed by atoms with Crippen molar-refractivity contribution in [2.75, 3.05) is 25.0 Å². The number of oxazole rings is 1. The summed E-state index contributed by atoms with van der Waals surface area (Å²) in [6.45, 7) is 9.52. The van der Waals surface area contributed by atoms with E-state index in [1.54, 1.807) is 56.0 Å². The van der Waals surface area contributed by atoms with Crippen LogP contribution in [0.15, 0.2) is 58.3 Å². The van der Waals surface area contributed by atoms with Crippen LogP contribution in [0.4, 0.5) is 14.9 Å². The standard InChI is InChI=1S/C31H34FN5O6/c1-6-13-36-23-10-8-20(17-24(23)43-30(36)42)37-29(41)34(5)28(40)31(37)11-14-35(15-12-31)27(39)25(18(2)3)33-26(38)21-16-19(4)7-9-22(21)32/h6-10,16-18,25H,1,11-15H2,2-5H3,(H,33,38)/t25-/m1/s1. The van der Waals surface area contributed by atoms with Gasteiger partial charge >= 0.3 is 11.8 Å². The minimum atomic E-state index is -1.25. The second-order valence-electron chi connectivity index (χ2n) is 11.4. The molecule has 5 rings (SSSR count). The highest BCUT2D eigenvalue weighted by atomic mass is 19.1. The number of likely N-dealkylation sites (N-methyl/N-ethyl adjacent to an activating group) is 1. The summed E-state index contributed by atoms with van der Waals surface area (Å²) in [6, 6.07) is 7.64. The molecule has 3 aromatic rings. The zero-order valence-electron chi connectivity index (χ0n) is 24.6. The van der Waals surface area contributed by atoms with E-state index in [2.05, 4.69) is 11.9 Å². The van der Waals surface area contributed by atoms with Gasteiger partial charge in [-0.3, -0.25) is 28.8 Å². The van der Waals surface area contributed by atoms with Crippen LogP contribution in [0.1, 0.15) is 42.6 Å². The molecular weight excluding hydrogens is 557 g/mol. The Morgan fingerprint density at radius 2 is 1.81 bits per heavy atom. The molecule has 0 aliphatic carbocycles. The SMILES string of the molecule is C=CCn1c(=O)oc2cc(N3C(=O)N(C)C(=O)C34CCN(C(=O)[C@H](NC(=O)c3cc(C)ccc3F)C(C)C)CC4)ccc21. The van der Waals surface area contributed by atoms with Gasteiger partial charge in [0.1, 0.15) is 17.4 Å². The Balaban J connectivity index is 1.38. The van der Waals surface area contributed by atoms with Crippen molar-refractivity contribution >= 4 is 40.5 Å². The Morgan fingerprint density at radius 1 is 1.12 bits per heavy atom. The second kappa shape index (κ2) is 11.2. The highest BCUT2D eigenvalue weighted by Gasteiger charge is 2.58. The molecule has 11 nitrogen and oxygen atoms in total. The third-order valence-corrected chi connectivity index (χ3v) is 8.32. The van der Waals surface area contributed by atoms with Crippen LogP contribution < -0.4 is 16.0 Å². The first-order valence-corrected chi connectivity index (χ1v) is 14.1. The first kappa shape index (κ1) is 29.7. The molecule has 226 valence electrons. The van der Waals surface area contributed by atoms with Crippen molar-refractivity contribution in [2.45, 2.75) is 51.7 Å². The van der Waals surface area contributed by atoms with E-state index in [1.165, 1.54) is 28.6 Å². The average molecular weight is 592 g/mol. The number of piperidine rings is 1. The fourth-order valence-corrected chi connectivity index (χ4v) is 5.96. The summed E-state index contributed by atoms with van der Waals surface area (Å²) in [7, 11) is 1.41. The third-order valence-electron chi connectivity index (χ3n) is 8.32.